The first kappa shape index (κ1) is 16.6. The van der Waals surface area contributed by atoms with Gasteiger partial charge in [-0.3, -0.25) is 0 Å². The molecule has 0 aliphatic heterocycles. The van der Waals surface area contributed by atoms with Crippen LogP contribution >= 0.6 is 0 Å². The summed E-state index contributed by atoms with van der Waals surface area (Å²) in [4.78, 5) is 4.42. The highest BCUT2D eigenvalue weighted by atomic mass is 19.4. The SMILES string of the molecule is FC(F)(F)c1cc(-c2ccc3ccccc3c2)nc2cc(-c3ccco3)nn12. The minimum absolute atomic E-state index is 0.101. The van der Waals surface area contributed by atoms with Crippen LogP contribution < -0.4 is 0 Å². The van der Waals surface area contributed by atoms with Gasteiger partial charge in [0.2, 0.25) is 0 Å². The molecule has 5 rings (SSSR count). The van der Waals surface area contributed by atoms with E-state index in [2.05, 4.69) is 10.1 Å². The minimum Gasteiger partial charge on any atom is -0.463 e. The number of alkyl halides is 3. The Hall–Kier alpha value is -3.61. The number of fused-ring (bicyclic) bond motifs is 2. The molecule has 0 amide bonds. The number of halogens is 3. The number of hydrogen-bond donors (Lipinski definition) is 0. The molecular formula is C21H12F3N3O. The molecule has 4 nitrogen and oxygen atoms in total. The van der Waals surface area contributed by atoms with Gasteiger partial charge in [0, 0.05) is 11.6 Å². The Morgan fingerprint density at radius 3 is 2.39 bits per heavy atom. The van der Waals surface area contributed by atoms with Crippen molar-refractivity contribution in [3.8, 4) is 22.7 Å². The normalized spacial score (nSPS) is 12.1. The van der Waals surface area contributed by atoms with Crippen LogP contribution in [0, 0.1) is 0 Å². The number of nitrogens with zero attached hydrogens (tertiary/aromatic N) is 3. The van der Waals surface area contributed by atoms with Gasteiger partial charge in [-0.15, -0.1) is 0 Å². The third kappa shape index (κ3) is 2.72. The average molecular weight is 379 g/mol. The van der Waals surface area contributed by atoms with E-state index in [1.54, 1.807) is 18.2 Å². The molecule has 0 saturated heterocycles. The first-order valence-electron chi connectivity index (χ1n) is 8.50. The summed E-state index contributed by atoms with van der Waals surface area (Å²) in [6, 6.07) is 18.9. The highest BCUT2D eigenvalue weighted by Gasteiger charge is 2.35. The second-order valence-corrected chi connectivity index (χ2v) is 6.36. The van der Waals surface area contributed by atoms with Crippen LogP contribution in [-0.2, 0) is 6.18 Å². The number of hydrogen-bond acceptors (Lipinski definition) is 3. The van der Waals surface area contributed by atoms with E-state index in [1.807, 2.05) is 36.4 Å². The van der Waals surface area contributed by atoms with Crippen LogP contribution in [0.15, 0.2) is 77.4 Å². The summed E-state index contributed by atoms with van der Waals surface area (Å²) in [7, 11) is 0. The highest BCUT2D eigenvalue weighted by Crippen LogP contribution is 2.34. The second-order valence-electron chi connectivity index (χ2n) is 6.36. The first-order chi connectivity index (χ1) is 13.5. The predicted molar refractivity (Wildman–Crippen MR) is 98.6 cm³/mol. The maximum Gasteiger partial charge on any atom is 0.433 e. The summed E-state index contributed by atoms with van der Waals surface area (Å²) in [6.07, 6.45) is -3.14. The molecule has 0 bridgehead atoms. The van der Waals surface area contributed by atoms with Crippen molar-refractivity contribution in [1.82, 2.24) is 14.6 Å². The van der Waals surface area contributed by atoms with Gasteiger partial charge in [0.15, 0.2) is 17.1 Å². The van der Waals surface area contributed by atoms with Crippen LogP contribution in [0.25, 0.3) is 39.1 Å². The highest BCUT2D eigenvalue weighted by molar-refractivity contribution is 5.87. The minimum atomic E-state index is -4.58. The Labute approximate surface area is 156 Å². The Bertz CT molecular complexity index is 1300. The standard InChI is InChI=1S/C21H12F3N3O/c22-21(23,24)19-11-16(15-8-7-13-4-1-2-5-14(13)10-15)25-20-12-17(26-27(19)20)18-6-3-9-28-18/h1-12H. The van der Waals surface area contributed by atoms with Gasteiger partial charge in [-0.2, -0.15) is 18.3 Å². The molecule has 0 radical (unpaired) electrons. The third-order valence-corrected chi connectivity index (χ3v) is 4.54. The van der Waals surface area contributed by atoms with Gasteiger partial charge in [0.25, 0.3) is 0 Å². The van der Waals surface area contributed by atoms with E-state index in [-0.39, 0.29) is 11.3 Å². The van der Waals surface area contributed by atoms with Crippen molar-refractivity contribution in [2.24, 2.45) is 0 Å². The van der Waals surface area contributed by atoms with E-state index in [4.69, 9.17) is 4.42 Å². The van der Waals surface area contributed by atoms with E-state index in [9.17, 15) is 13.2 Å². The summed E-state index contributed by atoms with van der Waals surface area (Å²) in [5, 5.41) is 5.98. The van der Waals surface area contributed by atoms with Gasteiger partial charge in [-0.1, -0.05) is 36.4 Å². The predicted octanol–water partition coefficient (Wildman–Crippen LogP) is 5.83. The average Bonchev–Trinajstić information content (AvgIpc) is 3.35. The smallest absolute Gasteiger partial charge is 0.433 e. The lowest BCUT2D eigenvalue weighted by atomic mass is 10.0. The van der Waals surface area contributed by atoms with Crippen molar-refractivity contribution in [2.45, 2.75) is 6.18 Å². The first-order valence-corrected chi connectivity index (χ1v) is 8.50. The van der Waals surface area contributed by atoms with Crippen LogP contribution in [0.4, 0.5) is 13.2 Å². The summed E-state index contributed by atoms with van der Waals surface area (Å²) in [6.45, 7) is 0. The molecule has 0 spiro atoms. The summed E-state index contributed by atoms with van der Waals surface area (Å²) in [5.74, 6) is 0.380. The lowest BCUT2D eigenvalue weighted by Crippen LogP contribution is -2.13. The van der Waals surface area contributed by atoms with E-state index in [0.717, 1.165) is 21.4 Å². The maximum atomic E-state index is 13.7. The van der Waals surface area contributed by atoms with Gasteiger partial charge in [-0.25, -0.2) is 9.50 Å². The van der Waals surface area contributed by atoms with Crippen LogP contribution in [0.5, 0.6) is 0 Å². The molecule has 0 N–H and O–H groups in total. The Balaban J connectivity index is 1.74. The van der Waals surface area contributed by atoms with Crippen molar-refractivity contribution in [3.05, 3.63) is 78.7 Å². The lowest BCUT2D eigenvalue weighted by molar-refractivity contribution is -0.142. The van der Waals surface area contributed by atoms with Crippen LogP contribution in [0.2, 0.25) is 0 Å². The Morgan fingerprint density at radius 1 is 0.821 bits per heavy atom. The molecule has 3 heterocycles. The van der Waals surface area contributed by atoms with Crippen molar-refractivity contribution in [1.29, 1.82) is 0 Å². The molecule has 0 atom stereocenters. The van der Waals surface area contributed by atoms with Crippen molar-refractivity contribution in [2.75, 3.05) is 0 Å². The number of furan rings is 1. The molecule has 138 valence electrons. The molecule has 3 aromatic heterocycles. The number of aromatic nitrogens is 3. The van der Waals surface area contributed by atoms with Crippen LogP contribution in [0.3, 0.4) is 0 Å². The van der Waals surface area contributed by atoms with Crippen LogP contribution in [-0.4, -0.2) is 14.6 Å². The molecule has 0 aliphatic carbocycles. The van der Waals surface area contributed by atoms with Crippen molar-refractivity contribution >= 4 is 16.4 Å². The molecule has 0 unspecified atom stereocenters. The van der Waals surface area contributed by atoms with Gasteiger partial charge in [0.05, 0.1) is 12.0 Å². The zero-order chi connectivity index (χ0) is 19.3. The monoisotopic (exact) mass is 379 g/mol. The summed E-state index contributed by atoms with van der Waals surface area (Å²) >= 11 is 0. The van der Waals surface area contributed by atoms with Gasteiger partial charge in [0.1, 0.15) is 5.69 Å². The van der Waals surface area contributed by atoms with E-state index in [1.165, 1.54) is 12.3 Å². The third-order valence-electron chi connectivity index (χ3n) is 4.54. The largest absolute Gasteiger partial charge is 0.463 e. The van der Waals surface area contributed by atoms with Gasteiger partial charge >= 0.3 is 6.18 Å². The van der Waals surface area contributed by atoms with Gasteiger partial charge in [-0.05, 0) is 35.0 Å². The summed E-state index contributed by atoms with van der Waals surface area (Å²) < 4.78 is 47.2. The molecule has 0 saturated carbocycles. The molecular weight excluding hydrogens is 367 g/mol. The van der Waals surface area contributed by atoms with E-state index in [0.29, 0.717) is 17.0 Å². The molecule has 28 heavy (non-hydrogen) atoms. The fourth-order valence-electron chi connectivity index (χ4n) is 3.22. The lowest BCUT2D eigenvalue weighted by Gasteiger charge is -2.11. The Morgan fingerprint density at radius 2 is 1.64 bits per heavy atom. The number of rotatable bonds is 2. The Kier molecular flexibility index (Phi) is 3.52. The molecule has 2 aromatic carbocycles. The maximum absolute atomic E-state index is 13.7. The summed E-state index contributed by atoms with van der Waals surface area (Å²) in [5.41, 5.74) is 0.338. The second kappa shape index (κ2) is 5.95. The van der Waals surface area contributed by atoms with E-state index >= 15 is 0 Å². The fourth-order valence-corrected chi connectivity index (χ4v) is 3.22. The zero-order valence-electron chi connectivity index (χ0n) is 14.3. The molecule has 7 heteroatoms. The van der Waals surface area contributed by atoms with Crippen LogP contribution in [0.1, 0.15) is 5.69 Å². The van der Waals surface area contributed by atoms with Crippen molar-refractivity contribution in [3.63, 3.8) is 0 Å². The quantitative estimate of drug-likeness (QED) is 0.388. The molecule has 5 aromatic rings. The van der Waals surface area contributed by atoms with Gasteiger partial charge < -0.3 is 4.42 Å². The van der Waals surface area contributed by atoms with E-state index < -0.39 is 11.9 Å². The topological polar surface area (TPSA) is 43.3 Å². The molecule has 0 aliphatic rings. The van der Waals surface area contributed by atoms with Crippen molar-refractivity contribution < 1.29 is 17.6 Å². The zero-order valence-corrected chi connectivity index (χ0v) is 14.3. The fraction of sp³-hybridized carbons (Fsp3) is 0.0476. The molecule has 0 fully saturated rings. The number of benzene rings is 2.